The summed E-state index contributed by atoms with van der Waals surface area (Å²) in [7, 11) is 1.56. The van der Waals surface area contributed by atoms with Crippen LogP contribution in [-0.2, 0) is 4.74 Å². The highest BCUT2D eigenvalue weighted by Gasteiger charge is 2.12. The number of ether oxygens (including phenoxy) is 2. The Morgan fingerprint density at radius 2 is 2.28 bits per heavy atom. The zero-order valence-corrected chi connectivity index (χ0v) is 10.3. The maximum Gasteiger partial charge on any atom is 0.338 e. The molecule has 0 fully saturated rings. The van der Waals surface area contributed by atoms with Gasteiger partial charge in [0.1, 0.15) is 5.75 Å². The van der Waals surface area contributed by atoms with Crippen molar-refractivity contribution in [3.63, 3.8) is 0 Å². The summed E-state index contributed by atoms with van der Waals surface area (Å²) in [6, 6.07) is 5.19. The van der Waals surface area contributed by atoms with Crippen LogP contribution >= 0.6 is 0 Å². The van der Waals surface area contributed by atoms with Gasteiger partial charge in [0.2, 0.25) is 0 Å². The molecule has 0 aliphatic heterocycles. The SMILES string of the molecule is CCOC(=O)c1ccc(-c2cn[nH]c2)c(OC)c1. The molecular formula is C13H14N2O3. The summed E-state index contributed by atoms with van der Waals surface area (Å²) in [6.45, 7) is 2.12. The molecule has 1 aromatic carbocycles. The molecule has 0 atom stereocenters. The molecule has 2 rings (SSSR count). The first-order chi connectivity index (χ1) is 8.76. The van der Waals surface area contributed by atoms with Gasteiger partial charge in [-0.05, 0) is 25.1 Å². The molecular weight excluding hydrogens is 232 g/mol. The molecule has 1 aromatic heterocycles. The van der Waals surface area contributed by atoms with Crippen LogP contribution in [-0.4, -0.2) is 29.9 Å². The van der Waals surface area contributed by atoms with E-state index in [4.69, 9.17) is 9.47 Å². The molecule has 0 spiro atoms. The Labute approximate surface area is 105 Å². The van der Waals surface area contributed by atoms with Crippen molar-refractivity contribution in [2.24, 2.45) is 0 Å². The van der Waals surface area contributed by atoms with Crippen molar-refractivity contribution in [1.29, 1.82) is 0 Å². The molecule has 0 aliphatic rings. The third kappa shape index (κ3) is 2.34. The molecule has 0 unspecified atom stereocenters. The van der Waals surface area contributed by atoms with Gasteiger partial charge in [0.05, 0.1) is 25.5 Å². The molecule has 0 aliphatic carbocycles. The summed E-state index contributed by atoms with van der Waals surface area (Å²) in [6.07, 6.45) is 3.46. The summed E-state index contributed by atoms with van der Waals surface area (Å²) in [5, 5.41) is 6.63. The average molecular weight is 246 g/mol. The molecule has 0 saturated heterocycles. The van der Waals surface area contributed by atoms with E-state index in [-0.39, 0.29) is 5.97 Å². The number of esters is 1. The zero-order valence-electron chi connectivity index (χ0n) is 10.3. The molecule has 0 amide bonds. The van der Waals surface area contributed by atoms with E-state index in [1.807, 2.05) is 6.07 Å². The number of nitrogens with one attached hydrogen (secondary N) is 1. The van der Waals surface area contributed by atoms with E-state index in [0.29, 0.717) is 17.9 Å². The van der Waals surface area contributed by atoms with Crippen LogP contribution in [0.1, 0.15) is 17.3 Å². The molecule has 1 heterocycles. The van der Waals surface area contributed by atoms with E-state index in [2.05, 4.69) is 10.2 Å². The van der Waals surface area contributed by atoms with Crippen LogP contribution in [0, 0.1) is 0 Å². The van der Waals surface area contributed by atoms with E-state index in [1.165, 1.54) is 0 Å². The molecule has 5 heteroatoms. The van der Waals surface area contributed by atoms with E-state index < -0.39 is 0 Å². The fourth-order valence-corrected chi connectivity index (χ4v) is 1.67. The highest BCUT2D eigenvalue weighted by molar-refractivity contribution is 5.91. The Morgan fingerprint density at radius 1 is 1.44 bits per heavy atom. The molecule has 1 N–H and O–H groups in total. The number of benzene rings is 1. The zero-order chi connectivity index (χ0) is 13.0. The van der Waals surface area contributed by atoms with Gasteiger partial charge in [0, 0.05) is 17.3 Å². The van der Waals surface area contributed by atoms with Crippen LogP contribution in [0.15, 0.2) is 30.6 Å². The van der Waals surface area contributed by atoms with Gasteiger partial charge in [-0.2, -0.15) is 5.10 Å². The molecule has 0 saturated carbocycles. The Hall–Kier alpha value is -2.30. The Morgan fingerprint density at radius 3 is 2.89 bits per heavy atom. The van der Waals surface area contributed by atoms with Crippen molar-refractivity contribution in [3.05, 3.63) is 36.2 Å². The van der Waals surface area contributed by atoms with Gasteiger partial charge in [-0.1, -0.05) is 0 Å². The van der Waals surface area contributed by atoms with Gasteiger partial charge in [-0.25, -0.2) is 4.79 Å². The summed E-state index contributed by atoms with van der Waals surface area (Å²) >= 11 is 0. The largest absolute Gasteiger partial charge is 0.496 e. The van der Waals surface area contributed by atoms with Crippen molar-refractivity contribution < 1.29 is 14.3 Å². The number of methoxy groups -OCH3 is 1. The van der Waals surface area contributed by atoms with Crippen LogP contribution in [0.25, 0.3) is 11.1 Å². The van der Waals surface area contributed by atoms with Crippen LogP contribution in [0.2, 0.25) is 0 Å². The first-order valence-corrected chi connectivity index (χ1v) is 5.60. The first-order valence-electron chi connectivity index (χ1n) is 5.60. The lowest BCUT2D eigenvalue weighted by Crippen LogP contribution is -2.05. The number of carbonyl (C=O) groups is 1. The van der Waals surface area contributed by atoms with E-state index in [0.717, 1.165) is 11.1 Å². The van der Waals surface area contributed by atoms with Crippen molar-refractivity contribution in [2.45, 2.75) is 6.92 Å². The van der Waals surface area contributed by atoms with Crippen LogP contribution < -0.4 is 4.74 Å². The third-order valence-electron chi connectivity index (χ3n) is 2.52. The number of aromatic nitrogens is 2. The topological polar surface area (TPSA) is 64.2 Å². The minimum Gasteiger partial charge on any atom is -0.496 e. The van der Waals surface area contributed by atoms with Gasteiger partial charge >= 0.3 is 5.97 Å². The van der Waals surface area contributed by atoms with E-state index in [9.17, 15) is 4.79 Å². The predicted octanol–water partition coefficient (Wildman–Crippen LogP) is 2.26. The number of hydrogen-bond acceptors (Lipinski definition) is 4. The quantitative estimate of drug-likeness (QED) is 0.840. The Bertz CT molecular complexity index is 535. The smallest absolute Gasteiger partial charge is 0.338 e. The minimum absolute atomic E-state index is 0.352. The second-order valence-corrected chi connectivity index (χ2v) is 3.62. The predicted molar refractivity (Wildman–Crippen MR) is 66.5 cm³/mol. The van der Waals surface area contributed by atoms with Crippen LogP contribution in [0.3, 0.4) is 0 Å². The third-order valence-corrected chi connectivity index (χ3v) is 2.52. The molecule has 5 nitrogen and oxygen atoms in total. The van der Waals surface area contributed by atoms with Gasteiger partial charge in [-0.3, -0.25) is 5.10 Å². The van der Waals surface area contributed by atoms with Crippen molar-refractivity contribution in [2.75, 3.05) is 13.7 Å². The Balaban J connectivity index is 2.38. The summed E-state index contributed by atoms with van der Waals surface area (Å²) in [4.78, 5) is 11.6. The van der Waals surface area contributed by atoms with Gasteiger partial charge in [-0.15, -0.1) is 0 Å². The number of carbonyl (C=O) groups excluding carboxylic acids is 1. The monoisotopic (exact) mass is 246 g/mol. The fraction of sp³-hybridized carbons (Fsp3) is 0.231. The van der Waals surface area contributed by atoms with Crippen LogP contribution in [0.5, 0.6) is 5.75 Å². The normalized spacial score (nSPS) is 10.1. The van der Waals surface area contributed by atoms with Crippen molar-refractivity contribution in [3.8, 4) is 16.9 Å². The lowest BCUT2D eigenvalue weighted by atomic mass is 10.1. The van der Waals surface area contributed by atoms with Gasteiger partial charge in [0.15, 0.2) is 0 Å². The lowest BCUT2D eigenvalue weighted by Gasteiger charge is -2.09. The van der Waals surface area contributed by atoms with Gasteiger partial charge < -0.3 is 9.47 Å². The molecule has 0 bridgehead atoms. The second kappa shape index (κ2) is 5.35. The van der Waals surface area contributed by atoms with Crippen LogP contribution in [0.4, 0.5) is 0 Å². The number of aromatic amines is 1. The number of rotatable bonds is 4. The molecule has 18 heavy (non-hydrogen) atoms. The summed E-state index contributed by atoms with van der Waals surface area (Å²) in [5.41, 5.74) is 2.25. The van der Waals surface area contributed by atoms with E-state index in [1.54, 1.807) is 38.6 Å². The molecule has 0 radical (unpaired) electrons. The first kappa shape index (κ1) is 12.2. The maximum absolute atomic E-state index is 11.6. The number of hydrogen-bond donors (Lipinski definition) is 1. The number of nitrogens with zero attached hydrogens (tertiary/aromatic N) is 1. The maximum atomic E-state index is 11.6. The summed E-state index contributed by atoms with van der Waals surface area (Å²) < 4.78 is 10.2. The lowest BCUT2D eigenvalue weighted by molar-refractivity contribution is 0.0526. The van der Waals surface area contributed by atoms with Crippen molar-refractivity contribution in [1.82, 2.24) is 10.2 Å². The van der Waals surface area contributed by atoms with Gasteiger partial charge in [0.25, 0.3) is 0 Å². The Kier molecular flexibility index (Phi) is 3.62. The fourth-order valence-electron chi connectivity index (χ4n) is 1.67. The summed E-state index contributed by atoms with van der Waals surface area (Å²) in [5.74, 6) is 0.261. The highest BCUT2D eigenvalue weighted by Crippen LogP contribution is 2.30. The second-order valence-electron chi connectivity index (χ2n) is 3.62. The highest BCUT2D eigenvalue weighted by atomic mass is 16.5. The average Bonchev–Trinajstić information content (AvgIpc) is 2.92. The van der Waals surface area contributed by atoms with Crippen molar-refractivity contribution >= 4 is 5.97 Å². The van der Waals surface area contributed by atoms with E-state index >= 15 is 0 Å². The standard InChI is InChI=1S/C13H14N2O3/c1-3-18-13(16)9-4-5-11(12(6-9)17-2)10-7-14-15-8-10/h4-8H,3H2,1-2H3,(H,14,15). The molecule has 2 aromatic rings. The molecule has 94 valence electrons. The number of H-pyrrole nitrogens is 1. The minimum atomic E-state index is -0.352.